The number of hydrogen-bond acceptors (Lipinski definition) is 3. The van der Waals surface area contributed by atoms with Crippen molar-refractivity contribution in [1.29, 1.82) is 0 Å². The van der Waals surface area contributed by atoms with Gasteiger partial charge in [-0.25, -0.2) is 0 Å². The Hall–Kier alpha value is -1.91. The van der Waals surface area contributed by atoms with Crippen molar-refractivity contribution in [2.75, 3.05) is 6.61 Å². The first kappa shape index (κ1) is 43.1. The Balaban J connectivity index is 3.58. The molecule has 0 aromatic rings. The van der Waals surface area contributed by atoms with E-state index in [1.165, 1.54) is 109 Å². The lowest BCUT2D eigenvalue weighted by atomic mass is 10.0. The van der Waals surface area contributed by atoms with Crippen LogP contribution in [0.1, 0.15) is 174 Å². The number of unbranched alkanes of at least 4 members (excludes halogenated alkanes) is 18. The Kier molecular flexibility index (Phi) is 35.0. The molecular formula is C41H73NO3. The number of carbonyl (C=O) groups excluding carboxylic acids is 1. The molecule has 3 N–H and O–H groups in total. The molecule has 0 aliphatic carbocycles. The largest absolute Gasteiger partial charge is 0.394 e. The van der Waals surface area contributed by atoms with Crippen molar-refractivity contribution in [2.24, 2.45) is 0 Å². The van der Waals surface area contributed by atoms with Gasteiger partial charge in [-0.05, 0) is 64.2 Å². The van der Waals surface area contributed by atoms with Gasteiger partial charge in [-0.2, -0.15) is 0 Å². The van der Waals surface area contributed by atoms with Crippen LogP contribution in [0.5, 0.6) is 0 Å². The average molecular weight is 628 g/mol. The van der Waals surface area contributed by atoms with E-state index in [1.807, 2.05) is 6.08 Å². The monoisotopic (exact) mass is 628 g/mol. The summed E-state index contributed by atoms with van der Waals surface area (Å²) in [6.07, 6.45) is 50.4. The Bertz CT molecular complexity index is 767. The molecule has 0 heterocycles. The maximum absolute atomic E-state index is 12.3. The second-order valence-electron chi connectivity index (χ2n) is 12.6. The summed E-state index contributed by atoms with van der Waals surface area (Å²) in [5, 5.41) is 22.7. The predicted octanol–water partition coefficient (Wildman–Crippen LogP) is 11.4. The molecule has 260 valence electrons. The number of hydrogen-bond donors (Lipinski definition) is 3. The summed E-state index contributed by atoms with van der Waals surface area (Å²) in [7, 11) is 0. The molecule has 0 radical (unpaired) electrons. The molecular weight excluding hydrogens is 554 g/mol. The molecule has 45 heavy (non-hydrogen) atoms. The van der Waals surface area contributed by atoms with Gasteiger partial charge in [0.15, 0.2) is 0 Å². The van der Waals surface area contributed by atoms with E-state index in [2.05, 4.69) is 67.8 Å². The molecule has 0 saturated carbocycles. The van der Waals surface area contributed by atoms with Gasteiger partial charge >= 0.3 is 0 Å². The molecule has 0 aromatic heterocycles. The number of allylic oxidation sites excluding steroid dienone is 9. The Morgan fingerprint density at radius 2 is 0.956 bits per heavy atom. The smallest absolute Gasteiger partial charge is 0.220 e. The van der Waals surface area contributed by atoms with Crippen molar-refractivity contribution < 1.29 is 15.0 Å². The molecule has 4 nitrogen and oxygen atoms in total. The zero-order valence-electron chi connectivity index (χ0n) is 29.6. The van der Waals surface area contributed by atoms with Gasteiger partial charge in [0, 0.05) is 6.42 Å². The van der Waals surface area contributed by atoms with E-state index in [4.69, 9.17) is 0 Å². The van der Waals surface area contributed by atoms with Crippen LogP contribution in [0.15, 0.2) is 60.8 Å². The van der Waals surface area contributed by atoms with Gasteiger partial charge in [0.1, 0.15) is 0 Å². The van der Waals surface area contributed by atoms with Gasteiger partial charge in [0.05, 0.1) is 18.8 Å². The third-order valence-electron chi connectivity index (χ3n) is 8.22. The van der Waals surface area contributed by atoms with Crippen LogP contribution in [0, 0.1) is 0 Å². The molecule has 0 bridgehead atoms. The average Bonchev–Trinajstić information content (AvgIpc) is 3.04. The van der Waals surface area contributed by atoms with Gasteiger partial charge in [0.2, 0.25) is 5.91 Å². The molecule has 4 heteroatoms. The van der Waals surface area contributed by atoms with Gasteiger partial charge in [-0.3, -0.25) is 4.79 Å². The van der Waals surface area contributed by atoms with Crippen molar-refractivity contribution in [2.45, 2.75) is 187 Å². The fourth-order valence-corrected chi connectivity index (χ4v) is 5.24. The fourth-order valence-electron chi connectivity index (χ4n) is 5.24. The lowest BCUT2D eigenvalue weighted by molar-refractivity contribution is -0.123. The standard InChI is InChI=1S/C41H73NO3/c1-3-5-7-9-11-13-14-15-16-17-18-19-20-21-22-23-24-25-26-27-28-29-31-33-35-37-41(45)42-39(38-43)40(44)36-34-32-30-12-10-8-6-4-2/h10,12,14-15,17-18,20-21,34,36,39-40,43-44H,3-9,11,13,16,19,22-33,35,37-38H2,1-2H3,(H,42,45)/b12-10+,15-14-,18-17-,21-20-,36-34+. The van der Waals surface area contributed by atoms with Crippen LogP contribution in [-0.2, 0) is 4.79 Å². The summed E-state index contributed by atoms with van der Waals surface area (Å²) < 4.78 is 0. The summed E-state index contributed by atoms with van der Waals surface area (Å²) >= 11 is 0. The van der Waals surface area contributed by atoms with Gasteiger partial charge in [-0.1, -0.05) is 164 Å². The topological polar surface area (TPSA) is 69.6 Å². The normalized spacial score (nSPS) is 13.8. The predicted molar refractivity (Wildman–Crippen MR) is 197 cm³/mol. The minimum absolute atomic E-state index is 0.0850. The highest BCUT2D eigenvalue weighted by Gasteiger charge is 2.17. The molecule has 0 aliphatic rings. The fraction of sp³-hybridized carbons (Fsp3) is 0.732. The molecule has 2 atom stereocenters. The van der Waals surface area contributed by atoms with Crippen LogP contribution in [0.25, 0.3) is 0 Å². The number of aliphatic hydroxyl groups excluding tert-OH is 2. The second kappa shape index (κ2) is 36.6. The Morgan fingerprint density at radius 1 is 0.533 bits per heavy atom. The van der Waals surface area contributed by atoms with Crippen LogP contribution >= 0.6 is 0 Å². The maximum atomic E-state index is 12.3. The third kappa shape index (κ3) is 33.3. The highest BCUT2D eigenvalue weighted by Crippen LogP contribution is 2.13. The third-order valence-corrected chi connectivity index (χ3v) is 8.22. The van der Waals surface area contributed by atoms with Gasteiger partial charge < -0.3 is 15.5 Å². The minimum atomic E-state index is -0.862. The SMILES string of the molecule is CCCC/C=C/CC/C=C/C(O)C(CO)NC(=O)CCCCCCCCCCCC/C=C\C/C=C\C/C=C\CCCCCCC. The molecule has 0 rings (SSSR count). The van der Waals surface area contributed by atoms with E-state index in [9.17, 15) is 15.0 Å². The first-order valence-electron chi connectivity index (χ1n) is 19.0. The van der Waals surface area contributed by atoms with Gasteiger partial charge in [-0.15, -0.1) is 0 Å². The van der Waals surface area contributed by atoms with Crippen LogP contribution < -0.4 is 5.32 Å². The Morgan fingerprint density at radius 3 is 1.51 bits per heavy atom. The van der Waals surface area contributed by atoms with Crippen molar-refractivity contribution in [1.82, 2.24) is 5.32 Å². The molecule has 0 fully saturated rings. The maximum Gasteiger partial charge on any atom is 0.220 e. The van der Waals surface area contributed by atoms with Gasteiger partial charge in [0.25, 0.3) is 0 Å². The number of amides is 1. The van der Waals surface area contributed by atoms with Crippen LogP contribution in [0.3, 0.4) is 0 Å². The van der Waals surface area contributed by atoms with Crippen molar-refractivity contribution in [3.05, 3.63) is 60.8 Å². The van der Waals surface area contributed by atoms with Crippen molar-refractivity contribution >= 4 is 5.91 Å². The van der Waals surface area contributed by atoms with Crippen LogP contribution in [-0.4, -0.2) is 34.9 Å². The summed E-state index contributed by atoms with van der Waals surface area (Å²) in [6, 6.07) is -0.640. The second-order valence-corrected chi connectivity index (χ2v) is 12.6. The molecule has 0 spiro atoms. The minimum Gasteiger partial charge on any atom is -0.394 e. The van der Waals surface area contributed by atoms with Crippen LogP contribution in [0.2, 0.25) is 0 Å². The number of nitrogens with one attached hydrogen (secondary N) is 1. The summed E-state index contributed by atoms with van der Waals surface area (Å²) in [5.74, 6) is -0.0850. The first-order chi connectivity index (χ1) is 22.2. The number of aliphatic hydroxyl groups is 2. The van der Waals surface area contributed by atoms with Crippen molar-refractivity contribution in [3.8, 4) is 0 Å². The van der Waals surface area contributed by atoms with E-state index >= 15 is 0 Å². The highest BCUT2D eigenvalue weighted by atomic mass is 16.3. The zero-order valence-corrected chi connectivity index (χ0v) is 29.6. The lowest BCUT2D eigenvalue weighted by Gasteiger charge is -2.19. The highest BCUT2D eigenvalue weighted by molar-refractivity contribution is 5.76. The molecule has 0 aliphatic heterocycles. The van der Waals surface area contributed by atoms with E-state index in [0.717, 1.165) is 44.9 Å². The molecule has 1 amide bonds. The van der Waals surface area contributed by atoms with Crippen molar-refractivity contribution in [3.63, 3.8) is 0 Å². The summed E-state index contributed by atoms with van der Waals surface area (Å²) in [4.78, 5) is 12.3. The van der Waals surface area contributed by atoms with E-state index < -0.39 is 12.1 Å². The lowest BCUT2D eigenvalue weighted by Crippen LogP contribution is -2.45. The van der Waals surface area contributed by atoms with Crippen LogP contribution in [0.4, 0.5) is 0 Å². The Labute approximate surface area is 279 Å². The summed E-state index contributed by atoms with van der Waals surface area (Å²) in [6.45, 7) is 4.19. The quantitative estimate of drug-likeness (QED) is 0.0501. The van der Waals surface area contributed by atoms with E-state index in [0.29, 0.717) is 6.42 Å². The number of rotatable bonds is 33. The first-order valence-corrected chi connectivity index (χ1v) is 19.0. The molecule has 2 unspecified atom stereocenters. The molecule has 0 saturated heterocycles. The zero-order chi connectivity index (χ0) is 32.9. The summed E-state index contributed by atoms with van der Waals surface area (Å²) in [5.41, 5.74) is 0. The number of carbonyl (C=O) groups is 1. The molecule has 0 aromatic carbocycles. The van der Waals surface area contributed by atoms with E-state index in [1.54, 1.807) is 6.08 Å². The van der Waals surface area contributed by atoms with E-state index in [-0.39, 0.29) is 12.5 Å².